The van der Waals surface area contributed by atoms with E-state index in [4.69, 9.17) is 16.7 Å². The van der Waals surface area contributed by atoms with Crippen LogP contribution >= 0.6 is 0 Å². The summed E-state index contributed by atoms with van der Waals surface area (Å²) in [5, 5.41) is 10.9. The third-order valence-corrected chi connectivity index (χ3v) is 2.75. The molecule has 78 valence electrons. The smallest absolute Gasteiger partial charge is 0.0989 e. The van der Waals surface area contributed by atoms with Gasteiger partial charge < -0.3 is 16.5 Å². The maximum Gasteiger partial charge on any atom is 0.0989 e. The Kier molecular flexibility index (Phi) is 1.86. The molecular formula is C10H13N5. The number of nitrogens with two attached hydrogens (primary N) is 2. The molecule has 0 bridgehead atoms. The summed E-state index contributed by atoms with van der Waals surface area (Å²) in [7, 11) is 1.90. The molecule has 1 aliphatic heterocycles. The fraction of sp³-hybridized carbons (Fsp3) is 0.300. The van der Waals surface area contributed by atoms with Crippen LogP contribution < -0.4 is 16.5 Å². The molecule has 4 N–H and O–H groups in total. The van der Waals surface area contributed by atoms with E-state index in [9.17, 15) is 0 Å². The number of hydrogen-bond acceptors (Lipinski definition) is 4. The molecule has 2 rings (SSSR count). The maximum atomic E-state index is 8.95. The van der Waals surface area contributed by atoms with E-state index in [-0.39, 0.29) is 0 Å². The Bertz CT molecular complexity index is 489. The summed E-state index contributed by atoms with van der Waals surface area (Å²) in [6.45, 7) is 2.42. The molecule has 1 aromatic rings. The molecule has 0 unspecified atom stereocenters. The lowest BCUT2D eigenvalue weighted by Crippen LogP contribution is -2.37. The first-order chi connectivity index (χ1) is 7.06. The van der Waals surface area contributed by atoms with Crippen molar-refractivity contribution in [1.29, 1.82) is 5.26 Å². The van der Waals surface area contributed by atoms with Crippen molar-refractivity contribution in [2.24, 2.45) is 5.73 Å². The highest BCUT2D eigenvalue weighted by molar-refractivity contribution is 5.75. The summed E-state index contributed by atoms with van der Waals surface area (Å²) in [5.74, 6) is 0. The minimum atomic E-state index is 0.517. The first-order valence-electron chi connectivity index (χ1n) is 4.64. The molecule has 0 aliphatic carbocycles. The van der Waals surface area contributed by atoms with Crippen molar-refractivity contribution in [2.75, 3.05) is 24.3 Å². The number of nitrogens with zero attached hydrogens (tertiary/aromatic N) is 3. The molecule has 1 aliphatic rings. The highest BCUT2D eigenvalue weighted by Gasteiger charge is 2.23. The third-order valence-electron chi connectivity index (χ3n) is 2.75. The van der Waals surface area contributed by atoms with Gasteiger partial charge in [0.25, 0.3) is 0 Å². The number of hydrogen-bond donors (Lipinski definition) is 2. The summed E-state index contributed by atoms with van der Waals surface area (Å²) < 4.78 is 1.89. The first-order valence-corrected chi connectivity index (χ1v) is 4.64. The van der Waals surface area contributed by atoms with E-state index >= 15 is 0 Å². The molecule has 0 spiro atoms. The number of fused-ring (bicyclic) bond motifs is 1. The van der Waals surface area contributed by atoms with E-state index in [0.29, 0.717) is 23.5 Å². The molecule has 15 heavy (non-hydrogen) atoms. The Morgan fingerprint density at radius 1 is 1.47 bits per heavy atom. The average molecular weight is 203 g/mol. The van der Waals surface area contributed by atoms with Crippen LogP contribution in [0, 0.1) is 18.3 Å². The molecule has 5 nitrogen and oxygen atoms in total. The van der Waals surface area contributed by atoms with Crippen molar-refractivity contribution in [3.05, 3.63) is 23.0 Å². The SMILES string of the molecule is Cc1c(N)cn2c1C(N)=C(C#N)CN2C. The second-order valence-corrected chi connectivity index (χ2v) is 3.72. The van der Waals surface area contributed by atoms with Gasteiger partial charge in [0.15, 0.2) is 0 Å². The molecule has 0 saturated heterocycles. The zero-order valence-electron chi connectivity index (χ0n) is 8.78. The van der Waals surface area contributed by atoms with Gasteiger partial charge in [-0.15, -0.1) is 0 Å². The van der Waals surface area contributed by atoms with Gasteiger partial charge in [-0.25, -0.2) is 0 Å². The predicted molar refractivity (Wildman–Crippen MR) is 59.3 cm³/mol. The maximum absolute atomic E-state index is 8.95. The van der Waals surface area contributed by atoms with Gasteiger partial charge in [-0.05, 0) is 6.92 Å². The number of likely N-dealkylation sites (N-methyl/N-ethyl adjacent to an activating group) is 1. The van der Waals surface area contributed by atoms with E-state index in [1.807, 2.05) is 29.9 Å². The van der Waals surface area contributed by atoms with Crippen LogP contribution in [0.5, 0.6) is 0 Å². The van der Waals surface area contributed by atoms with E-state index in [1.165, 1.54) is 0 Å². The third kappa shape index (κ3) is 1.15. The van der Waals surface area contributed by atoms with Crippen LogP contribution in [0.4, 0.5) is 5.69 Å². The van der Waals surface area contributed by atoms with Crippen molar-refractivity contribution >= 4 is 11.4 Å². The lowest BCUT2D eigenvalue weighted by Gasteiger charge is -2.28. The van der Waals surface area contributed by atoms with E-state index < -0.39 is 0 Å². The van der Waals surface area contributed by atoms with Gasteiger partial charge in [0.2, 0.25) is 0 Å². The van der Waals surface area contributed by atoms with Crippen LogP contribution in [-0.2, 0) is 0 Å². The van der Waals surface area contributed by atoms with Gasteiger partial charge in [0, 0.05) is 12.6 Å². The molecule has 0 fully saturated rings. The Morgan fingerprint density at radius 3 is 2.73 bits per heavy atom. The molecule has 0 aromatic carbocycles. The topological polar surface area (TPSA) is 84.0 Å². The largest absolute Gasteiger partial charge is 0.397 e. The lowest BCUT2D eigenvalue weighted by atomic mass is 10.1. The fourth-order valence-corrected chi connectivity index (χ4v) is 1.83. The molecule has 0 atom stereocenters. The van der Waals surface area contributed by atoms with Crippen molar-refractivity contribution in [2.45, 2.75) is 6.92 Å². The highest BCUT2D eigenvalue weighted by Crippen LogP contribution is 2.28. The molecule has 5 heteroatoms. The van der Waals surface area contributed by atoms with Crippen LogP contribution in [0.15, 0.2) is 11.8 Å². The zero-order valence-corrected chi connectivity index (χ0v) is 8.78. The van der Waals surface area contributed by atoms with Gasteiger partial charge in [0.05, 0.1) is 41.5 Å². The second kappa shape index (κ2) is 2.95. The number of nitriles is 1. The molecule has 2 heterocycles. The minimum Gasteiger partial charge on any atom is -0.397 e. The van der Waals surface area contributed by atoms with Gasteiger partial charge in [-0.3, -0.25) is 4.68 Å². The normalized spacial score (nSPS) is 15.1. The summed E-state index contributed by atoms with van der Waals surface area (Å²) >= 11 is 0. The highest BCUT2D eigenvalue weighted by atomic mass is 15.5. The minimum absolute atomic E-state index is 0.517. The lowest BCUT2D eigenvalue weighted by molar-refractivity contribution is 0.666. The standard InChI is InChI=1S/C10H13N5/c1-6-8(12)5-15-10(6)9(13)7(3-11)4-14(15)2/h5H,4,12-13H2,1-2H3. The molecule has 0 amide bonds. The van der Waals surface area contributed by atoms with Gasteiger partial charge in [-0.2, -0.15) is 5.26 Å². The average Bonchev–Trinajstić information content (AvgIpc) is 2.50. The number of rotatable bonds is 0. The summed E-state index contributed by atoms with van der Waals surface area (Å²) in [6, 6.07) is 2.12. The van der Waals surface area contributed by atoms with Gasteiger partial charge in [-0.1, -0.05) is 0 Å². The second-order valence-electron chi connectivity index (χ2n) is 3.72. The molecule has 0 saturated carbocycles. The quantitative estimate of drug-likeness (QED) is 0.628. The van der Waals surface area contributed by atoms with E-state index in [2.05, 4.69) is 6.07 Å². The number of anilines is 1. The zero-order chi connectivity index (χ0) is 11.2. The summed E-state index contributed by atoms with van der Waals surface area (Å²) in [5.41, 5.74) is 15.3. The Morgan fingerprint density at radius 2 is 2.13 bits per heavy atom. The van der Waals surface area contributed by atoms with Gasteiger partial charge in [0.1, 0.15) is 0 Å². The van der Waals surface area contributed by atoms with E-state index in [0.717, 1.165) is 11.3 Å². The van der Waals surface area contributed by atoms with Crippen molar-refractivity contribution < 1.29 is 0 Å². The van der Waals surface area contributed by atoms with Crippen LogP contribution in [0.1, 0.15) is 11.3 Å². The molecule has 0 radical (unpaired) electrons. The Labute approximate surface area is 88.1 Å². The number of aromatic nitrogens is 1. The number of nitrogen functional groups attached to an aromatic ring is 1. The fourth-order valence-electron chi connectivity index (χ4n) is 1.83. The molecular weight excluding hydrogens is 190 g/mol. The van der Waals surface area contributed by atoms with E-state index in [1.54, 1.807) is 0 Å². The van der Waals surface area contributed by atoms with Crippen LogP contribution in [0.3, 0.4) is 0 Å². The van der Waals surface area contributed by atoms with Crippen LogP contribution in [-0.4, -0.2) is 18.3 Å². The summed E-state index contributed by atoms with van der Waals surface area (Å²) in [4.78, 5) is 0. The van der Waals surface area contributed by atoms with Crippen molar-refractivity contribution in [3.63, 3.8) is 0 Å². The Hall–Kier alpha value is -2.09. The van der Waals surface area contributed by atoms with Gasteiger partial charge >= 0.3 is 0 Å². The predicted octanol–water partition coefficient (Wildman–Crippen LogP) is 0.154. The Balaban J connectivity index is 2.72. The van der Waals surface area contributed by atoms with Crippen molar-refractivity contribution in [1.82, 2.24) is 4.68 Å². The monoisotopic (exact) mass is 203 g/mol. The first kappa shape index (κ1) is 9.46. The van der Waals surface area contributed by atoms with Crippen LogP contribution in [0.25, 0.3) is 5.70 Å². The van der Waals surface area contributed by atoms with Crippen molar-refractivity contribution in [3.8, 4) is 6.07 Å². The molecule has 1 aromatic heterocycles. The summed E-state index contributed by atoms with van der Waals surface area (Å²) in [6.07, 6.45) is 1.83. The van der Waals surface area contributed by atoms with Crippen LogP contribution in [0.2, 0.25) is 0 Å².